The summed E-state index contributed by atoms with van der Waals surface area (Å²) in [6.07, 6.45) is 2.06. The van der Waals surface area contributed by atoms with Crippen LogP contribution >= 0.6 is 0 Å². The number of esters is 1. The van der Waals surface area contributed by atoms with Crippen LogP contribution < -0.4 is 0 Å². The summed E-state index contributed by atoms with van der Waals surface area (Å²) in [5.74, 6) is -0.954. The molecule has 0 heterocycles. The van der Waals surface area contributed by atoms with Crippen LogP contribution in [-0.2, 0) is 14.3 Å². The molecule has 0 aliphatic rings. The lowest BCUT2D eigenvalue weighted by Gasteiger charge is -2.06. The van der Waals surface area contributed by atoms with E-state index in [9.17, 15) is 9.59 Å². The minimum absolute atomic E-state index is 0.340. The Morgan fingerprint density at radius 1 is 1.55 bits per heavy atom. The Morgan fingerprint density at radius 2 is 2.18 bits per heavy atom. The summed E-state index contributed by atoms with van der Waals surface area (Å²) in [4.78, 5) is 21.2. The highest BCUT2D eigenvalue weighted by molar-refractivity contribution is 5.87. The number of hydrogen-bond donors (Lipinski definition) is 0. The van der Waals surface area contributed by atoms with Gasteiger partial charge >= 0.3 is 5.97 Å². The molecular formula is C8H14O3. The average molecular weight is 158 g/mol. The van der Waals surface area contributed by atoms with Crippen LogP contribution in [0, 0.1) is 5.92 Å². The number of hydrogen-bond acceptors (Lipinski definition) is 3. The monoisotopic (exact) mass is 158 g/mol. The van der Waals surface area contributed by atoms with E-state index in [1.54, 1.807) is 6.92 Å². The van der Waals surface area contributed by atoms with Gasteiger partial charge in [0.1, 0.15) is 12.2 Å². The van der Waals surface area contributed by atoms with E-state index in [2.05, 4.69) is 4.74 Å². The molecule has 0 aliphatic heterocycles. The zero-order chi connectivity index (χ0) is 8.69. The quantitative estimate of drug-likeness (QED) is 0.342. The molecule has 0 aliphatic carbocycles. The van der Waals surface area contributed by atoms with Crippen LogP contribution in [0.15, 0.2) is 0 Å². The molecule has 0 bridgehead atoms. The number of aldehydes is 1. The molecule has 11 heavy (non-hydrogen) atoms. The molecule has 0 spiro atoms. The van der Waals surface area contributed by atoms with Gasteiger partial charge in [-0.1, -0.05) is 13.3 Å². The van der Waals surface area contributed by atoms with E-state index in [-0.39, 0.29) is 0 Å². The Hall–Kier alpha value is -0.860. The summed E-state index contributed by atoms with van der Waals surface area (Å²) in [5, 5.41) is 0. The fourth-order valence-corrected chi connectivity index (χ4v) is 0.802. The van der Waals surface area contributed by atoms with Gasteiger partial charge in [0.25, 0.3) is 0 Å². The largest absolute Gasteiger partial charge is 0.465 e. The minimum Gasteiger partial charge on any atom is -0.465 e. The summed E-state index contributed by atoms with van der Waals surface area (Å²) in [5.41, 5.74) is 0. The number of ether oxygens (including phenoxy) is 1. The Bertz CT molecular complexity index is 131. The molecule has 0 radical (unpaired) electrons. The number of rotatable bonds is 5. The van der Waals surface area contributed by atoms with Gasteiger partial charge < -0.3 is 9.53 Å². The van der Waals surface area contributed by atoms with Gasteiger partial charge in [-0.3, -0.25) is 4.79 Å². The van der Waals surface area contributed by atoms with Crippen molar-refractivity contribution in [2.24, 2.45) is 5.92 Å². The van der Waals surface area contributed by atoms with Crippen molar-refractivity contribution in [3.63, 3.8) is 0 Å². The molecular weight excluding hydrogens is 144 g/mol. The van der Waals surface area contributed by atoms with E-state index in [0.717, 1.165) is 6.42 Å². The lowest BCUT2D eigenvalue weighted by Crippen LogP contribution is -2.18. The Labute approximate surface area is 66.7 Å². The topological polar surface area (TPSA) is 43.4 Å². The predicted molar refractivity (Wildman–Crippen MR) is 41.1 cm³/mol. The fraction of sp³-hybridized carbons (Fsp3) is 0.750. The van der Waals surface area contributed by atoms with Gasteiger partial charge in [0, 0.05) is 0 Å². The van der Waals surface area contributed by atoms with E-state index in [1.165, 1.54) is 0 Å². The zero-order valence-corrected chi connectivity index (χ0v) is 7.00. The molecule has 0 aromatic rings. The van der Waals surface area contributed by atoms with Crippen molar-refractivity contribution in [2.75, 3.05) is 6.61 Å². The van der Waals surface area contributed by atoms with Gasteiger partial charge in [-0.2, -0.15) is 0 Å². The third-order valence-electron chi connectivity index (χ3n) is 1.35. The molecule has 3 heteroatoms. The maximum Gasteiger partial charge on any atom is 0.316 e. The highest BCUT2D eigenvalue weighted by Crippen LogP contribution is 2.04. The Morgan fingerprint density at radius 3 is 2.55 bits per heavy atom. The van der Waals surface area contributed by atoms with Crippen LogP contribution in [0.3, 0.4) is 0 Å². The molecule has 0 rings (SSSR count). The van der Waals surface area contributed by atoms with Crippen molar-refractivity contribution >= 4 is 12.3 Å². The van der Waals surface area contributed by atoms with Crippen LogP contribution in [0.5, 0.6) is 0 Å². The summed E-state index contributed by atoms with van der Waals surface area (Å²) in [7, 11) is 0. The van der Waals surface area contributed by atoms with Crippen molar-refractivity contribution in [2.45, 2.75) is 26.7 Å². The fourth-order valence-electron chi connectivity index (χ4n) is 0.802. The molecule has 0 amide bonds. The molecule has 0 unspecified atom stereocenters. The van der Waals surface area contributed by atoms with Gasteiger partial charge in [0.05, 0.1) is 6.61 Å². The second-order valence-electron chi connectivity index (χ2n) is 2.28. The summed E-state index contributed by atoms with van der Waals surface area (Å²) in [6.45, 7) is 3.99. The van der Waals surface area contributed by atoms with Gasteiger partial charge in [-0.15, -0.1) is 0 Å². The maximum absolute atomic E-state index is 10.9. The van der Waals surface area contributed by atoms with Crippen LogP contribution in [0.1, 0.15) is 26.7 Å². The van der Waals surface area contributed by atoms with Crippen LogP contribution in [0.4, 0.5) is 0 Å². The molecule has 1 atom stereocenters. The summed E-state index contributed by atoms with van der Waals surface area (Å²) in [6, 6.07) is 0. The maximum atomic E-state index is 10.9. The second kappa shape index (κ2) is 5.89. The van der Waals surface area contributed by atoms with Gasteiger partial charge in [0.2, 0.25) is 0 Å². The van der Waals surface area contributed by atoms with Crippen molar-refractivity contribution in [1.29, 1.82) is 0 Å². The highest BCUT2D eigenvalue weighted by Gasteiger charge is 2.16. The Balaban J connectivity index is 3.81. The third kappa shape index (κ3) is 3.75. The summed E-state index contributed by atoms with van der Waals surface area (Å²) >= 11 is 0. The van der Waals surface area contributed by atoms with Crippen LogP contribution in [0.25, 0.3) is 0 Å². The van der Waals surface area contributed by atoms with E-state index in [0.29, 0.717) is 19.3 Å². The lowest BCUT2D eigenvalue weighted by molar-refractivity contribution is -0.149. The molecule has 64 valence electrons. The zero-order valence-electron chi connectivity index (χ0n) is 7.00. The lowest BCUT2D eigenvalue weighted by atomic mass is 10.1. The molecule has 0 N–H and O–H groups in total. The van der Waals surface area contributed by atoms with E-state index in [1.807, 2.05) is 6.92 Å². The number of carbonyl (C=O) groups is 2. The van der Waals surface area contributed by atoms with Crippen molar-refractivity contribution in [3.8, 4) is 0 Å². The van der Waals surface area contributed by atoms with Crippen LogP contribution in [0.2, 0.25) is 0 Å². The van der Waals surface area contributed by atoms with Crippen molar-refractivity contribution in [3.05, 3.63) is 0 Å². The van der Waals surface area contributed by atoms with Gasteiger partial charge in [-0.05, 0) is 13.3 Å². The molecule has 0 aromatic heterocycles. The molecule has 0 fully saturated rings. The molecule has 3 nitrogen and oxygen atoms in total. The molecule has 0 saturated heterocycles. The minimum atomic E-state index is -0.556. The first kappa shape index (κ1) is 10.1. The third-order valence-corrected chi connectivity index (χ3v) is 1.35. The predicted octanol–water partition coefficient (Wildman–Crippen LogP) is 1.16. The second-order valence-corrected chi connectivity index (χ2v) is 2.28. The molecule has 0 aromatic carbocycles. The molecule has 0 saturated carbocycles. The van der Waals surface area contributed by atoms with E-state index in [4.69, 9.17) is 0 Å². The van der Waals surface area contributed by atoms with Crippen molar-refractivity contribution < 1.29 is 14.3 Å². The first-order valence-electron chi connectivity index (χ1n) is 3.88. The van der Waals surface area contributed by atoms with Gasteiger partial charge in [-0.25, -0.2) is 0 Å². The number of carbonyl (C=O) groups excluding carboxylic acids is 2. The van der Waals surface area contributed by atoms with E-state index >= 15 is 0 Å². The van der Waals surface area contributed by atoms with E-state index < -0.39 is 11.9 Å². The SMILES string of the molecule is CCC[C@@H](C=O)C(=O)OCC. The first-order chi connectivity index (χ1) is 5.26. The average Bonchev–Trinajstić information content (AvgIpc) is 2.00. The highest BCUT2D eigenvalue weighted by atomic mass is 16.5. The smallest absolute Gasteiger partial charge is 0.316 e. The summed E-state index contributed by atoms with van der Waals surface area (Å²) < 4.78 is 4.68. The van der Waals surface area contributed by atoms with Crippen LogP contribution in [-0.4, -0.2) is 18.9 Å². The van der Waals surface area contributed by atoms with Crippen molar-refractivity contribution in [1.82, 2.24) is 0 Å². The van der Waals surface area contributed by atoms with Gasteiger partial charge in [0.15, 0.2) is 0 Å². The Kier molecular flexibility index (Phi) is 5.43. The standard InChI is InChI=1S/C8H14O3/c1-3-5-7(6-9)8(10)11-4-2/h6-7H,3-5H2,1-2H3/t7-/m0/s1. The first-order valence-corrected chi connectivity index (χ1v) is 3.88. The normalized spacial score (nSPS) is 12.2.